The molecule has 1 aromatic rings. The first-order valence-electron chi connectivity index (χ1n) is 6.46. The Labute approximate surface area is 116 Å². The number of benzene rings is 1. The number of carboxylic acid groups (broad SMARTS) is 1. The van der Waals surface area contributed by atoms with Crippen molar-refractivity contribution in [3.8, 4) is 0 Å². The first-order chi connectivity index (χ1) is 9.47. The smallest absolute Gasteiger partial charge is 0.322 e. The molecule has 0 aliphatic carbocycles. The molecule has 0 radical (unpaired) electrons. The number of nitrogens with one attached hydrogen (secondary N) is 1. The molecule has 5 nitrogen and oxygen atoms in total. The van der Waals surface area contributed by atoms with Gasteiger partial charge < -0.3 is 15.3 Å². The summed E-state index contributed by atoms with van der Waals surface area (Å²) in [6.45, 7) is 2.72. The lowest BCUT2D eigenvalue weighted by Crippen LogP contribution is -2.56. The van der Waals surface area contributed by atoms with E-state index in [-0.39, 0.29) is 24.7 Å². The first-order valence-corrected chi connectivity index (χ1v) is 6.46. The van der Waals surface area contributed by atoms with Crippen LogP contribution in [-0.4, -0.2) is 47.6 Å². The van der Waals surface area contributed by atoms with Crippen LogP contribution in [0.15, 0.2) is 18.2 Å². The van der Waals surface area contributed by atoms with Crippen LogP contribution >= 0.6 is 0 Å². The fourth-order valence-corrected chi connectivity index (χ4v) is 2.17. The molecule has 0 aromatic heterocycles. The lowest BCUT2D eigenvalue weighted by atomic mass is 10.1. The maximum absolute atomic E-state index is 13.4. The molecule has 1 amide bonds. The topological polar surface area (TPSA) is 69.6 Å². The fourth-order valence-electron chi connectivity index (χ4n) is 2.17. The number of carboxylic acids is 1. The van der Waals surface area contributed by atoms with Crippen molar-refractivity contribution in [3.05, 3.63) is 35.1 Å². The molecule has 1 aromatic carbocycles. The van der Waals surface area contributed by atoms with Crippen molar-refractivity contribution in [2.45, 2.75) is 19.4 Å². The Morgan fingerprint density at radius 2 is 2.25 bits per heavy atom. The number of hydrogen-bond acceptors (Lipinski definition) is 3. The number of amides is 1. The predicted octanol–water partition coefficient (Wildman–Crippen LogP) is 0.562. The van der Waals surface area contributed by atoms with Crippen molar-refractivity contribution in [1.29, 1.82) is 0 Å². The number of nitrogens with zero attached hydrogens (tertiary/aromatic N) is 1. The highest BCUT2D eigenvalue weighted by Gasteiger charge is 2.27. The number of halogens is 1. The minimum Gasteiger partial charge on any atom is -0.480 e. The van der Waals surface area contributed by atoms with E-state index in [1.54, 1.807) is 19.1 Å². The van der Waals surface area contributed by atoms with Crippen LogP contribution in [-0.2, 0) is 16.0 Å². The molecular weight excluding hydrogens is 263 g/mol. The molecule has 2 N–H and O–H groups in total. The van der Waals surface area contributed by atoms with E-state index < -0.39 is 12.0 Å². The normalized spacial score (nSPS) is 18.9. The van der Waals surface area contributed by atoms with Gasteiger partial charge in [-0.3, -0.25) is 9.59 Å². The summed E-state index contributed by atoms with van der Waals surface area (Å²) < 4.78 is 13.4. The van der Waals surface area contributed by atoms with Crippen LogP contribution in [0.25, 0.3) is 0 Å². The molecule has 1 aliphatic heterocycles. The Bertz CT molecular complexity index is 533. The Morgan fingerprint density at radius 1 is 1.50 bits per heavy atom. The summed E-state index contributed by atoms with van der Waals surface area (Å²) >= 11 is 0. The van der Waals surface area contributed by atoms with E-state index in [2.05, 4.69) is 5.32 Å². The Hall–Kier alpha value is -1.95. The fraction of sp³-hybridized carbons (Fsp3) is 0.429. The van der Waals surface area contributed by atoms with Crippen LogP contribution < -0.4 is 5.32 Å². The third-order valence-electron chi connectivity index (χ3n) is 3.42. The molecular formula is C14H17FN2O3. The van der Waals surface area contributed by atoms with E-state index in [1.807, 2.05) is 0 Å². The van der Waals surface area contributed by atoms with Gasteiger partial charge in [0.1, 0.15) is 11.9 Å². The zero-order chi connectivity index (χ0) is 14.7. The molecule has 0 saturated carbocycles. The number of aryl methyl sites for hydroxylation is 1. The summed E-state index contributed by atoms with van der Waals surface area (Å²) in [6, 6.07) is 3.97. The number of aliphatic carboxylic acids is 1. The lowest BCUT2D eigenvalue weighted by molar-refractivity contribution is -0.142. The second-order valence-corrected chi connectivity index (χ2v) is 4.95. The average Bonchev–Trinajstić information content (AvgIpc) is 2.43. The van der Waals surface area contributed by atoms with Gasteiger partial charge >= 0.3 is 5.97 Å². The van der Waals surface area contributed by atoms with Gasteiger partial charge in [0, 0.05) is 19.6 Å². The molecule has 108 valence electrons. The van der Waals surface area contributed by atoms with Crippen molar-refractivity contribution >= 4 is 11.9 Å². The minimum atomic E-state index is -0.969. The first kappa shape index (κ1) is 14.5. The summed E-state index contributed by atoms with van der Waals surface area (Å²) in [7, 11) is 0. The zero-order valence-corrected chi connectivity index (χ0v) is 11.2. The molecule has 2 rings (SSSR count). The monoisotopic (exact) mass is 280 g/mol. The summed E-state index contributed by atoms with van der Waals surface area (Å²) in [4.78, 5) is 24.5. The van der Waals surface area contributed by atoms with E-state index >= 15 is 0 Å². The van der Waals surface area contributed by atoms with Crippen LogP contribution in [0.5, 0.6) is 0 Å². The van der Waals surface area contributed by atoms with Crippen LogP contribution in [0.2, 0.25) is 0 Å². The van der Waals surface area contributed by atoms with Crippen molar-refractivity contribution in [1.82, 2.24) is 10.2 Å². The minimum absolute atomic E-state index is 0.0868. The summed E-state index contributed by atoms with van der Waals surface area (Å²) in [5, 5.41) is 11.8. The lowest BCUT2D eigenvalue weighted by Gasteiger charge is -2.31. The second kappa shape index (κ2) is 6.00. The molecule has 1 unspecified atom stereocenters. The highest BCUT2D eigenvalue weighted by molar-refractivity contribution is 5.81. The van der Waals surface area contributed by atoms with Gasteiger partial charge in [0.15, 0.2) is 0 Å². The number of carbonyl (C=O) groups is 2. The van der Waals surface area contributed by atoms with Gasteiger partial charge in [-0.25, -0.2) is 4.39 Å². The van der Waals surface area contributed by atoms with Gasteiger partial charge in [-0.1, -0.05) is 12.1 Å². The third kappa shape index (κ3) is 3.33. The maximum Gasteiger partial charge on any atom is 0.322 e. The summed E-state index contributed by atoms with van der Waals surface area (Å²) in [5.41, 5.74) is 1.14. The average molecular weight is 280 g/mol. The Morgan fingerprint density at radius 3 is 2.90 bits per heavy atom. The van der Waals surface area contributed by atoms with Gasteiger partial charge in [-0.05, 0) is 24.1 Å². The summed E-state index contributed by atoms with van der Waals surface area (Å²) in [6.07, 6.45) is 0.0868. The quantitative estimate of drug-likeness (QED) is 0.849. The number of hydrogen-bond donors (Lipinski definition) is 2. The van der Waals surface area contributed by atoms with E-state index in [0.29, 0.717) is 24.2 Å². The molecule has 1 fully saturated rings. The maximum atomic E-state index is 13.4. The second-order valence-electron chi connectivity index (χ2n) is 4.95. The zero-order valence-electron chi connectivity index (χ0n) is 11.2. The summed E-state index contributed by atoms with van der Waals surface area (Å²) in [5.74, 6) is -1.48. The van der Waals surface area contributed by atoms with Crippen LogP contribution in [0.3, 0.4) is 0 Å². The van der Waals surface area contributed by atoms with Crippen LogP contribution in [0, 0.1) is 12.7 Å². The SMILES string of the molecule is Cc1ccc(CC(=O)N2CCNC(C(=O)O)C2)cc1F. The highest BCUT2D eigenvalue weighted by atomic mass is 19.1. The van der Waals surface area contributed by atoms with E-state index in [0.717, 1.165) is 0 Å². The highest BCUT2D eigenvalue weighted by Crippen LogP contribution is 2.11. The van der Waals surface area contributed by atoms with Crippen molar-refractivity contribution in [2.75, 3.05) is 19.6 Å². The molecule has 1 aliphatic rings. The molecule has 0 bridgehead atoms. The number of rotatable bonds is 3. The van der Waals surface area contributed by atoms with Crippen molar-refractivity contribution in [3.63, 3.8) is 0 Å². The molecule has 20 heavy (non-hydrogen) atoms. The van der Waals surface area contributed by atoms with Gasteiger partial charge in [0.05, 0.1) is 6.42 Å². The van der Waals surface area contributed by atoms with E-state index in [4.69, 9.17) is 5.11 Å². The van der Waals surface area contributed by atoms with E-state index in [9.17, 15) is 14.0 Å². The standard InChI is InChI=1S/C14H17FN2O3/c1-9-2-3-10(6-11(9)15)7-13(18)17-5-4-16-12(8-17)14(19)20/h2-3,6,12,16H,4-5,7-8H2,1H3,(H,19,20). The van der Waals surface area contributed by atoms with Crippen molar-refractivity contribution < 1.29 is 19.1 Å². The predicted molar refractivity (Wildman–Crippen MR) is 70.8 cm³/mol. The number of piperazine rings is 1. The molecule has 6 heteroatoms. The Kier molecular flexibility index (Phi) is 4.34. The molecule has 1 heterocycles. The van der Waals surface area contributed by atoms with Gasteiger partial charge in [-0.15, -0.1) is 0 Å². The number of carbonyl (C=O) groups excluding carboxylic acids is 1. The molecule has 0 spiro atoms. The van der Waals surface area contributed by atoms with Gasteiger partial charge in [0.2, 0.25) is 5.91 Å². The largest absolute Gasteiger partial charge is 0.480 e. The molecule has 1 atom stereocenters. The Balaban J connectivity index is 2.00. The van der Waals surface area contributed by atoms with Gasteiger partial charge in [-0.2, -0.15) is 0 Å². The van der Waals surface area contributed by atoms with Crippen molar-refractivity contribution in [2.24, 2.45) is 0 Å². The van der Waals surface area contributed by atoms with Crippen LogP contribution in [0.1, 0.15) is 11.1 Å². The third-order valence-corrected chi connectivity index (χ3v) is 3.42. The van der Waals surface area contributed by atoms with Gasteiger partial charge in [0.25, 0.3) is 0 Å². The van der Waals surface area contributed by atoms with Crippen LogP contribution in [0.4, 0.5) is 4.39 Å². The van der Waals surface area contributed by atoms with E-state index in [1.165, 1.54) is 11.0 Å². The molecule has 1 saturated heterocycles.